The first-order chi connectivity index (χ1) is 21.5. The van der Waals surface area contributed by atoms with Crippen LogP contribution in [0.25, 0.3) is 0 Å². The summed E-state index contributed by atoms with van der Waals surface area (Å²) in [6.45, 7) is 6.23. The van der Waals surface area contributed by atoms with Gasteiger partial charge in [0.15, 0.2) is 11.6 Å². The third-order valence-electron chi connectivity index (χ3n) is 7.19. The average molecular weight is 682 g/mol. The van der Waals surface area contributed by atoms with Crippen LogP contribution in [0.1, 0.15) is 62.8 Å². The van der Waals surface area contributed by atoms with Crippen molar-refractivity contribution in [3.05, 3.63) is 94.0 Å². The minimum atomic E-state index is -1.45. The minimum Gasteiger partial charge on any atom is -0.497 e. The maximum absolute atomic E-state index is 14.3. The first kappa shape index (κ1) is 34.0. The Bertz CT molecular complexity index is 1450. The van der Waals surface area contributed by atoms with Gasteiger partial charge in [-0.15, -0.1) is 0 Å². The Balaban J connectivity index is 1.66. The molecule has 1 aliphatic heterocycles. The summed E-state index contributed by atoms with van der Waals surface area (Å²) in [4.78, 5) is 32.2. The zero-order chi connectivity index (χ0) is 32.5. The monoisotopic (exact) mass is 680 g/mol. The lowest BCUT2D eigenvalue weighted by molar-refractivity contribution is -0.155. The van der Waals surface area contributed by atoms with Gasteiger partial charge in [-0.3, -0.25) is 9.59 Å². The highest BCUT2D eigenvalue weighted by Crippen LogP contribution is 2.43. The maximum Gasteiger partial charge on any atom is 0.306 e. The number of amides is 1. The lowest BCUT2D eigenvalue weighted by Crippen LogP contribution is -2.49. The van der Waals surface area contributed by atoms with Gasteiger partial charge in [0.1, 0.15) is 17.1 Å². The van der Waals surface area contributed by atoms with E-state index in [4.69, 9.17) is 29.0 Å². The molecule has 4 rings (SSSR count). The van der Waals surface area contributed by atoms with Crippen LogP contribution < -0.4 is 14.8 Å². The molecule has 0 saturated carbocycles. The van der Waals surface area contributed by atoms with Crippen molar-refractivity contribution in [2.24, 2.45) is 4.99 Å². The second-order valence-corrected chi connectivity index (χ2v) is 12.7. The number of aliphatic hydroxyl groups is 1. The molecule has 10 heteroatoms. The second-order valence-electron chi connectivity index (χ2n) is 11.8. The smallest absolute Gasteiger partial charge is 0.306 e. The fourth-order valence-corrected chi connectivity index (χ4v) is 5.22. The molecular formula is C35H41BrN2O7. The van der Waals surface area contributed by atoms with Crippen LogP contribution in [0.3, 0.4) is 0 Å². The van der Waals surface area contributed by atoms with Gasteiger partial charge in [0, 0.05) is 36.0 Å². The molecular weight excluding hydrogens is 640 g/mol. The summed E-state index contributed by atoms with van der Waals surface area (Å²) in [5.41, 5.74) is 0.331. The van der Waals surface area contributed by atoms with Crippen LogP contribution in [0.2, 0.25) is 0 Å². The summed E-state index contributed by atoms with van der Waals surface area (Å²) in [5, 5.41) is 12.1. The van der Waals surface area contributed by atoms with Crippen molar-refractivity contribution >= 4 is 33.7 Å². The zero-order valence-electron chi connectivity index (χ0n) is 26.2. The lowest BCUT2D eigenvalue weighted by Gasteiger charge is -2.31. The molecule has 2 atom stereocenters. The van der Waals surface area contributed by atoms with E-state index in [1.165, 1.54) is 0 Å². The highest BCUT2D eigenvalue weighted by Gasteiger charge is 2.53. The van der Waals surface area contributed by atoms with Crippen molar-refractivity contribution in [2.45, 2.75) is 63.7 Å². The molecule has 0 bridgehead atoms. The molecule has 240 valence electrons. The number of methoxy groups -OCH3 is 1. The first-order valence-electron chi connectivity index (χ1n) is 15.0. The molecule has 9 nitrogen and oxygen atoms in total. The normalized spacial score (nSPS) is 17.6. The van der Waals surface area contributed by atoms with Gasteiger partial charge in [0.05, 0.1) is 13.7 Å². The molecule has 0 saturated heterocycles. The number of carbonyl (C=O) groups excluding carboxylic acids is 2. The van der Waals surface area contributed by atoms with E-state index in [1.54, 1.807) is 19.2 Å². The van der Waals surface area contributed by atoms with E-state index in [9.17, 15) is 9.59 Å². The summed E-state index contributed by atoms with van der Waals surface area (Å²) < 4.78 is 23.9. The first-order valence-corrected chi connectivity index (χ1v) is 15.8. The predicted octanol–water partition coefficient (Wildman–Crippen LogP) is 5.96. The number of aliphatic hydroxyl groups excluding tert-OH is 1. The highest BCUT2D eigenvalue weighted by molar-refractivity contribution is 9.10. The topological polar surface area (TPSA) is 116 Å². The molecule has 0 unspecified atom stereocenters. The standard InChI is InChI=1S/C35H41BrN2O7/c1-34(2,3)45-30(40)18-20-35(33(41)37-21-19-24-6-14-28(42-4)15-7-24)31(25-8-12-27(36)13-9-25)44-32(38-35)26-10-16-29(17-11-26)43-23-5-22-39/h6-17,31,39H,5,18-23H2,1-4H3,(H,37,41)/t31-,35-/m1/s1. The summed E-state index contributed by atoms with van der Waals surface area (Å²) in [7, 11) is 1.62. The van der Waals surface area contributed by atoms with Crippen molar-refractivity contribution < 1.29 is 33.6 Å². The Morgan fingerprint density at radius 2 is 1.67 bits per heavy atom. The fraction of sp³-hybridized carbons (Fsp3) is 0.400. The van der Waals surface area contributed by atoms with Crippen molar-refractivity contribution in [1.29, 1.82) is 0 Å². The van der Waals surface area contributed by atoms with Gasteiger partial charge in [-0.05, 0) is 93.3 Å². The van der Waals surface area contributed by atoms with Gasteiger partial charge in [0.25, 0.3) is 5.91 Å². The number of aliphatic imine (C=N–C) groups is 1. The van der Waals surface area contributed by atoms with Crippen molar-refractivity contribution in [3.8, 4) is 11.5 Å². The van der Waals surface area contributed by atoms with E-state index in [-0.39, 0.29) is 25.4 Å². The Kier molecular flexibility index (Phi) is 11.6. The van der Waals surface area contributed by atoms with Crippen LogP contribution in [-0.2, 0) is 25.5 Å². The Labute approximate surface area is 273 Å². The number of ether oxygens (including phenoxy) is 4. The molecule has 0 aromatic heterocycles. The largest absolute Gasteiger partial charge is 0.497 e. The Hall–Kier alpha value is -3.89. The van der Waals surface area contributed by atoms with Crippen LogP contribution in [0.5, 0.6) is 11.5 Å². The molecule has 3 aromatic rings. The van der Waals surface area contributed by atoms with Gasteiger partial charge >= 0.3 is 5.97 Å². The molecule has 3 aromatic carbocycles. The van der Waals surface area contributed by atoms with Crippen LogP contribution >= 0.6 is 15.9 Å². The van der Waals surface area contributed by atoms with E-state index < -0.39 is 23.2 Å². The molecule has 0 spiro atoms. The number of nitrogens with zero attached hydrogens (tertiary/aromatic N) is 1. The molecule has 2 N–H and O–H groups in total. The maximum atomic E-state index is 14.3. The van der Waals surface area contributed by atoms with E-state index in [1.807, 2.05) is 81.4 Å². The van der Waals surface area contributed by atoms with Gasteiger partial charge in [-0.1, -0.05) is 40.2 Å². The molecule has 45 heavy (non-hydrogen) atoms. The highest BCUT2D eigenvalue weighted by atomic mass is 79.9. The van der Waals surface area contributed by atoms with Gasteiger partial charge in [-0.2, -0.15) is 0 Å². The quantitative estimate of drug-likeness (QED) is 0.160. The number of benzene rings is 3. The number of halogens is 1. The van der Waals surface area contributed by atoms with Crippen LogP contribution in [-0.4, -0.2) is 60.9 Å². The van der Waals surface area contributed by atoms with E-state index in [2.05, 4.69) is 21.2 Å². The Morgan fingerprint density at radius 3 is 2.29 bits per heavy atom. The van der Waals surface area contributed by atoms with Gasteiger partial charge in [-0.25, -0.2) is 4.99 Å². The van der Waals surface area contributed by atoms with E-state index in [0.717, 1.165) is 21.3 Å². The Morgan fingerprint density at radius 1 is 1.00 bits per heavy atom. The summed E-state index contributed by atoms with van der Waals surface area (Å²) >= 11 is 3.49. The number of hydrogen-bond acceptors (Lipinski definition) is 8. The second kappa shape index (κ2) is 15.4. The van der Waals surface area contributed by atoms with E-state index >= 15 is 0 Å². The summed E-state index contributed by atoms with van der Waals surface area (Å²) in [5.74, 6) is 0.930. The number of nitrogens with one attached hydrogen (secondary N) is 1. The van der Waals surface area contributed by atoms with Crippen LogP contribution in [0.15, 0.2) is 82.3 Å². The molecule has 1 amide bonds. The molecule has 0 radical (unpaired) electrons. The SMILES string of the molecule is COc1ccc(CCNC(=O)[C@]2(CCC(=O)OC(C)(C)C)N=C(c3ccc(OCCCO)cc3)O[C@@H]2c2ccc(Br)cc2)cc1. The number of carbonyl (C=O) groups is 2. The third kappa shape index (κ3) is 9.31. The predicted molar refractivity (Wildman–Crippen MR) is 176 cm³/mol. The van der Waals surface area contributed by atoms with Crippen molar-refractivity contribution in [1.82, 2.24) is 5.32 Å². The average Bonchev–Trinajstić information content (AvgIpc) is 3.41. The number of rotatable bonds is 14. The zero-order valence-corrected chi connectivity index (χ0v) is 27.8. The summed E-state index contributed by atoms with van der Waals surface area (Å²) in [6.07, 6.45) is 0.358. The molecule has 1 heterocycles. The molecule has 1 aliphatic rings. The van der Waals surface area contributed by atoms with Crippen LogP contribution in [0, 0.1) is 0 Å². The summed E-state index contributed by atoms with van der Waals surface area (Å²) in [6, 6.07) is 22.4. The molecule has 0 aliphatic carbocycles. The van der Waals surface area contributed by atoms with Gasteiger partial charge in [0.2, 0.25) is 5.90 Å². The number of esters is 1. The van der Waals surface area contributed by atoms with Crippen molar-refractivity contribution in [2.75, 3.05) is 26.9 Å². The fourth-order valence-electron chi connectivity index (χ4n) is 4.96. The van der Waals surface area contributed by atoms with E-state index in [0.29, 0.717) is 43.2 Å². The minimum absolute atomic E-state index is 0.0338. The van der Waals surface area contributed by atoms with Crippen molar-refractivity contribution in [3.63, 3.8) is 0 Å². The molecule has 0 fully saturated rings. The number of hydrogen-bond donors (Lipinski definition) is 2. The van der Waals surface area contributed by atoms with Gasteiger partial charge < -0.3 is 29.4 Å². The lowest BCUT2D eigenvalue weighted by atomic mass is 9.83. The van der Waals surface area contributed by atoms with Crippen LogP contribution in [0.4, 0.5) is 0 Å². The third-order valence-corrected chi connectivity index (χ3v) is 7.72.